The van der Waals surface area contributed by atoms with Crippen LogP contribution in [0.1, 0.15) is 52.5 Å². The van der Waals surface area contributed by atoms with Gasteiger partial charge in [0.15, 0.2) is 5.84 Å². The van der Waals surface area contributed by atoms with E-state index in [4.69, 9.17) is 14.7 Å². The third kappa shape index (κ3) is 5.27. The van der Waals surface area contributed by atoms with E-state index in [-0.39, 0.29) is 5.91 Å². The van der Waals surface area contributed by atoms with Gasteiger partial charge >= 0.3 is 0 Å². The van der Waals surface area contributed by atoms with Crippen molar-refractivity contribution in [3.05, 3.63) is 35.2 Å². The number of aliphatic imine (C=N–C) groups is 2. The summed E-state index contributed by atoms with van der Waals surface area (Å²) >= 11 is 0. The summed E-state index contributed by atoms with van der Waals surface area (Å²) in [5.41, 5.74) is 4.46. The Bertz CT molecular complexity index is 903. The van der Waals surface area contributed by atoms with Gasteiger partial charge in [-0.15, -0.1) is 0 Å². The maximum atomic E-state index is 12.7. The molecule has 1 atom stereocenters. The van der Waals surface area contributed by atoms with Crippen LogP contribution in [-0.2, 0) is 11.2 Å². The van der Waals surface area contributed by atoms with Crippen molar-refractivity contribution < 1.29 is 9.53 Å². The molecule has 0 fully saturated rings. The van der Waals surface area contributed by atoms with Crippen molar-refractivity contribution in [3.63, 3.8) is 0 Å². The van der Waals surface area contributed by atoms with Gasteiger partial charge < -0.3 is 20.3 Å². The Morgan fingerprint density at radius 1 is 1.39 bits per heavy atom. The molecule has 0 spiro atoms. The number of hydrogen-bond donors (Lipinski definition) is 2. The molecule has 1 aromatic carbocycles. The highest BCUT2D eigenvalue weighted by Gasteiger charge is 2.28. The van der Waals surface area contributed by atoms with Crippen molar-refractivity contribution in [2.45, 2.75) is 53.4 Å². The van der Waals surface area contributed by atoms with Crippen LogP contribution >= 0.6 is 0 Å². The second-order valence-corrected chi connectivity index (χ2v) is 8.16. The van der Waals surface area contributed by atoms with Gasteiger partial charge in [-0.3, -0.25) is 4.79 Å². The quantitative estimate of drug-likeness (QED) is 0.623. The zero-order chi connectivity index (χ0) is 22.4. The highest BCUT2D eigenvalue weighted by molar-refractivity contribution is 6.38. The second-order valence-electron chi connectivity index (χ2n) is 8.16. The number of carbonyl (C=O) groups is 1. The zero-order valence-corrected chi connectivity index (χ0v) is 19.4. The van der Waals surface area contributed by atoms with Crippen LogP contribution in [0.3, 0.4) is 0 Å². The number of nitrogens with one attached hydrogen (secondary N) is 2. The minimum atomic E-state index is -0.119. The minimum Gasteiger partial charge on any atom is -0.497 e. The maximum Gasteiger partial charge on any atom is 0.265 e. The summed E-state index contributed by atoms with van der Waals surface area (Å²) < 4.78 is 5.37. The molecule has 168 valence electrons. The summed E-state index contributed by atoms with van der Waals surface area (Å²) in [4.78, 5) is 24.3. The molecule has 7 heteroatoms. The Balaban J connectivity index is 1.79. The van der Waals surface area contributed by atoms with E-state index in [2.05, 4.69) is 41.5 Å². The van der Waals surface area contributed by atoms with E-state index in [1.165, 1.54) is 5.56 Å². The lowest BCUT2D eigenvalue weighted by Crippen LogP contribution is -2.37. The molecule has 1 unspecified atom stereocenters. The van der Waals surface area contributed by atoms with E-state index >= 15 is 0 Å². The Kier molecular flexibility index (Phi) is 7.71. The summed E-state index contributed by atoms with van der Waals surface area (Å²) in [6, 6.07) is 6.12. The van der Waals surface area contributed by atoms with Crippen LogP contribution in [0.15, 0.2) is 39.6 Å². The number of amides is 1. The normalized spacial score (nSPS) is 17.1. The molecule has 0 radical (unpaired) electrons. The molecule has 2 N–H and O–H groups in total. The van der Waals surface area contributed by atoms with E-state index in [1.807, 2.05) is 13.0 Å². The highest BCUT2D eigenvalue weighted by Crippen LogP contribution is 2.33. The number of carbonyl (C=O) groups excluding carboxylic acids is 1. The SMILES string of the molecule is CCCC(CC)CNC(=O)C(C)=NC1=C(C)NCN=C1N1CCc2cc(OC)ccc21. The Morgan fingerprint density at radius 2 is 2.19 bits per heavy atom. The Morgan fingerprint density at radius 3 is 2.90 bits per heavy atom. The van der Waals surface area contributed by atoms with E-state index < -0.39 is 0 Å². The summed E-state index contributed by atoms with van der Waals surface area (Å²) in [6.45, 7) is 10.1. The number of amidine groups is 1. The van der Waals surface area contributed by atoms with Gasteiger partial charge in [0.2, 0.25) is 0 Å². The van der Waals surface area contributed by atoms with Gasteiger partial charge in [0.1, 0.15) is 23.8 Å². The lowest BCUT2D eigenvalue weighted by molar-refractivity contribution is -0.115. The van der Waals surface area contributed by atoms with Crippen LogP contribution in [0.4, 0.5) is 5.69 Å². The predicted octanol–water partition coefficient (Wildman–Crippen LogP) is 3.65. The zero-order valence-electron chi connectivity index (χ0n) is 19.4. The van der Waals surface area contributed by atoms with Crippen LogP contribution in [-0.4, -0.2) is 44.3 Å². The molecule has 0 bridgehead atoms. The van der Waals surface area contributed by atoms with Crippen molar-refractivity contribution in [3.8, 4) is 5.75 Å². The van der Waals surface area contributed by atoms with E-state index in [0.717, 1.165) is 60.9 Å². The first-order valence-corrected chi connectivity index (χ1v) is 11.3. The number of ether oxygens (including phenoxy) is 1. The number of rotatable bonds is 8. The van der Waals surface area contributed by atoms with Gasteiger partial charge in [0, 0.05) is 24.5 Å². The molecule has 2 aliphatic rings. The Labute approximate surface area is 185 Å². The lowest BCUT2D eigenvalue weighted by Gasteiger charge is -2.26. The first-order valence-electron chi connectivity index (χ1n) is 11.3. The highest BCUT2D eigenvalue weighted by atomic mass is 16.5. The fourth-order valence-corrected chi connectivity index (χ4v) is 4.07. The smallest absolute Gasteiger partial charge is 0.265 e. The molecule has 0 saturated heterocycles. The first kappa shape index (κ1) is 22.8. The predicted molar refractivity (Wildman–Crippen MR) is 127 cm³/mol. The first-order chi connectivity index (χ1) is 15.0. The monoisotopic (exact) mass is 425 g/mol. The number of anilines is 1. The molecule has 0 aromatic heterocycles. The van der Waals surface area contributed by atoms with Crippen LogP contribution in [0, 0.1) is 5.92 Å². The fourth-order valence-electron chi connectivity index (χ4n) is 4.07. The fraction of sp³-hybridized carbons (Fsp3) is 0.542. The molecular formula is C24H35N5O2. The van der Waals surface area contributed by atoms with Gasteiger partial charge in [0.25, 0.3) is 5.91 Å². The van der Waals surface area contributed by atoms with Gasteiger partial charge in [-0.1, -0.05) is 26.7 Å². The lowest BCUT2D eigenvalue weighted by atomic mass is 10.0. The number of allylic oxidation sites excluding steroid dienone is 1. The third-order valence-corrected chi connectivity index (χ3v) is 6.01. The molecule has 0 saturated carbocycles. The summed E-state index contributed by atoms with van der Waals surface area (Å²) in [6.07, 6.45) is 4.23. The number of fused-ring (bicyclic) bond motifs is 1. The van der Waals surface area contributed by atoms with Crippen LogP contribution in [0.25, 0.3) is 0 Å². The topological polar surface area (TPSA) is 78.3 Å². The number of nitrogens with zero attached hydrogens (tertiary/aromatic N) is 3. The number of benzene rings is 1. The summed E-state index contributed by atoms with van der Waals surface area (Å²) in [5.74, 6) is 2.06. The molecule has 1 aromatic rings. The van der Waals surface area contributed by atoms with Gasteiger partial charge in [-0.05, 0) is 56.4 Å². The van der Waals surface area contributed by atoms with Gasteiger partial charge in [-0.2, -0.15) is 0 Å². The molecule has 2 aliphatic heterocycles. The number of hydrogen-bond acceptors (Lipinski definition) is 6. The van der Waals surface area contributed by atoms with Gasteiger partial charge in [0.05, 0.1) is 7.11 Å². The molecule has 1 amide bonds. The van der Waals surface area contributed by atoms with Gasteiger partial charge in [-0.25, -0.2) is 9.98 Å². The molecule has 7 nitrogen and oxygen atoms in total. The van der Waals surface area contributed by atoms with E-state index in [9.17, 15) is 4.79 Å². The largest absolute Gasteiger partial charge is 0.497 e. The minimum absolute atomic E-state index is 0.119. The van der Waals surface area contributed by atoms with E-state index in [0.29, 0.717) is 24.8 Å². The molecule has 2 heterocycles. The molecule has 0 aliphatic carbocycles. The Hall–Kier alpha value is -2.83. The van der Waals surface area contributed by atoms with Crippen LogP contribution in [0.2, 0.25) is 0 Å². The molecule has 3 rings (SSSR count). The molecular weight excluding hydrogens is 390 g/mol. The van der Waals surface area contributed by atoms with Crippen LogP contribution < -0.4 is 20.3 Å². The second kappa shape index (κ2) is 10.5. The summed E-state index contributed by atoms with van der Waals surface area (Å²) in [7, 11) is 1.68. The van der Waals surface area contributed by atoms with Crippen molar-refractivity contribution in [2.24, 2.45) is 15.9 Å². The molecule has 31 heavy (non-hydrogen) atoms. The standard InChI is InChI=1S/C24H35N5O2/c1-6-8-18(7-2)14-25-24(30)17(4)28-22-16(3)26-15-27-23(22)29-12-11-19-13-20(31-5)9-10-21(19)29/h9-10,13,18,26H,6-8,11-12,14-15H2,1-5H3,(H,25,30). The van der Waals surface area contributed by atoms with Crippen LogP contribution in [0.5, 0.6) is 5.75 Å². The van der Waals surface area contributed by atoms with E-state index in [1.54, 1.807) is 14.0 Å². The average molecular weight is 426 g/mol. The van der Waals surface area contributed by atoms with Crippen molar-refractivity contribution in [1.82, 2.24) is 10.6 Å². The maximum absolute atomic E-state index is 12.7. The van der Waals surface area contributed by atoms with Crippen molar-refractivity contribution >= 4 is 23.1 Å². The number of methoxy groups -OCH3 is 1. The summed E-state index contributed by atoms with van der Waals surface area (Å²) in [5, 5.41) is 6.31. The van der Waals surface area contributed by atoms with Crippen molar-refractivity contribution in [1.29, 1.82) is 0 Å². The third-order valence-electron chi connectivity index (χ3n) is 6.01. The van der Waals surface area contributed by atoms with Crippen molar-refractivity contribution in [2.75, 3.05) is 31.8 Å². The average Bonchev–Trinajstić information content (AvgIpc) is 3.20.